The van der Waals surface area contributed by atoms with Gasteiger partial charge in [0.1, 0.15) is 0 Å². The van der Waals surface area contributed by atoms with Crippen molar-refractivity contribution in [1.29, 1.82) is 0 Å². The molecule has 1 aromatic rings. The number of rotatable bonds is 6. The van der Waals surface area contributed by atoms with Gasteiger partial charge in [0.15, 0.2) is 0 Å². The molecule has 0 aromatic heterocycles. The summed E-state index contributed by atoms with van der Waals surface area (Å²) in [6.07, 6.45) is 2.45. The third-order valence-electron chi connectivity index (χ3n) is 4.30. The number of aryl methyl sites for hydroxylation is 1. The Kier molecular flexibility index (Phi) is 6.62. The summed E-state index contributed by atoms with van der Waals surface area (Å²) in [7, 11) is -3.68. The lowest BCUT2D eigenvalue weighted by Crippen LogP contribution is -2.44. The van der Waals surface area contributed by atoms with Gasteiger partial charge in [0, 0.05) is 19.6 Å². The monoisotopic (exact) mass is 354 g/mol. The lowest BCUT2D eigenvalue weighted by Gasteiger charge is -2.31. The Labute approximate surface area is 144 Å². The van der Waals surface area contributed by atoms with Gasteiger partial charge in [-0.25, -0.2) is 4.79 Å². The molecule has 0 unspecified atom stereocenters. The highest BCUT2D eigenvalue weighted by atomic mass is 32.2. The number of amides is 2. The van der Waals surface area contributed by atoms with Gasteiger partial charge in [0.2, 0.25) is 0 Å². The molecular formula is C17H26N2O4S. The van der Waals surface area contributed by atoms with Gasteiger partial charge in [0.05, 0.1) is 11.5 Å². The van der Waals surface area contributed by atoms with E-state index in [1.54, 1.807) is 24.3 Å². The van der Waals surface area contributed by atoms with Crippen LogP contribution >= 0.6 is 0 Å². The first-order valence-corrected chi connectivity index (χ1v) is 9.82. The first kappa shape index (κ1) is 18.7. The van der Waals surface area contributed by atoms with Crippen LogP contribution in [0.1, 0.15) is 31.7 Å². The van der Waals surface area contributed by atoms with Crippen LogP contribution in [0.2, 0.25) is 0 Å². The number of hydrogen-bond acceptors (Lipinski definition) is 4. The maximum atomic E-state index is 12.1. The summed E-state index contributed by atoms with van der Waals surface area (Å²) in [5, 5.41) is 2.80. The van der Waals surface area contributed by atoms with Gasteiger partial charge in [-0.2, -0.15) is 8.42 Å². The molecule has 1 fully saturated rings. The van der Waals surface area contributed by atoms with Crippen LogP contribution in [0.5, 0.6) is 0 Å². The van der Waals surface area contributed by atoms with Gasteiger partial charge < -0.3 is 10.2 Å². The Morgan fingerprint density at radius 3 is 2.46 bits per heavy atom. The van der Waals surface area contributed by atoms with E-state index in [1.807, 2.05) is 18.7 Å². The van der Waals surface area contributed by atoms with E-state index < -0.39 is 10.1 Å². The molecule has 2 rings (SSSR count). The molecule has 0 spiro atoms. The minimum atomic E-state index is -3.68. The molecular weight excluding hydrogens is 328 g/mol. The molecule has 134 valence electrons. The maximum absolute atomic E-state index is 12.1. The minimum absolute atomic E-state index is 0.0193. The Bertz CT molecular complexity index is 635. The fraction of sp³-hybridized carbons (Fsp3) is 0.588. The number of nitrogens with one attached hydrogen (secondary N) is 1. The zero-order chi connectivity index (χ0) is 17.6. The molecule has 0 aliphatic carbocycles. The molecule has 0 radical (unpaired) electrons. The molecule has 1 aliphatic heterocycles. The van der Waals surface area contributed by atoms with Crippen LogP contribution in [0.25, 0.3) is 0 Å². The van der Waals surface area contributed by atoms with Gasteiger partial charge >= 0.3 is 6.03 Å². The van der Waals surface area contributed by atoms with Crippen molar-refractivity contribution in [3.8, 4) is 0 Å². The Hall–Kier alpha value is -1.60. The second kappa shape index (κ2) is 8.48. The predicted octanol–water partition coefficient (Wildman–Crippen LogP) is 2.53. The smallest absolute Gasteiger partial charge is 0.317 e. The van der Waals surface area contributed by atoms with Crippen molar-refractivity contribution < 1.29 is 17.4 Å². The van der Waals surface area contributed by atoms with E-state index in [9.17, 15) is 13.2 Å². The van der Waals surface area contributed by atoms with E-state index in [0.717, 1.165) is 18.4 Å². The highest BCUT2D eigenvalue weighted by Gasteiger charge is 2.23. The quantitative estimate of drug-likeness (QED) is 0.797. The van der Waals surface area contributed by atoms with E-state index in [1.165, 1.54) is 0 Å². The summed E-state index contributed by atoms with van der Waals surface area (Å²) >= 11 is 0. The molecule has 1 aromatic carbocycles. The minimum Gasteiger partial charge on any atom is -0.338 e. The number of benzene rings is 1. The highest BCUT2D eigenvalue weighted by Crippen LogP contribution is 2.22. The average Bonchev–Trinajstić information content (AvgIpc) is 2.56. The van der Waals surface area contributed by atoms with E-state index >= 15 is 0 Å². The molecule has 1 N–H and O–H groups in total. The van der Waals surface area contributed by atoms with Crippen molar-refractivity contribution in [3.63, 3.8) is 0 Å². The van der Waals surface area contributed by atoms with E-state index in [-0.39, 0.29) is 17.5 Å². The third-order valence-corrected chi connectivity index (χ3v) is 5.63. The first-order valence-electron chi connectivity index (χ1n) is 8.41. The Balaban J connectivity index is 1.75. The Morgan fingerprint density at radius 2 is 1.88 bits per heavy atom. The zero-order valence-corrected chi connectivity index (χ0v) is 15.1. The highest BCUT2D eigenvalue weighted by molar-refractivity contribution is 7.86. The topological polar surface area (TPSA) is 75.7 Å². The number of piperidine rings is 1. The van der Waals surface area contributed by atoms with Crippen LogP contribution in [0.4, 0.5) is 4.79 Å². The number of nitrogens with zero attached hydrogens (tertiary/aromatic N) is 1. The van der Waals surface area contributed by atoms with Gasteiger partial charge in [-0.1, -0.05) is 17.7 Å². The summed E-state index contributed by atoms with van der Waals surface area (Å²) < 4.78 is 29.4. The maximum Gasteiger partial charge on any atom is 0.317 e. The molecule has 1 heterocycles. The Morgan fingerprint density at radius 1 is 1.25 bits per heavy atom. The molecule has 1 saturated heterocycles. The van der Waals surface area contributed by atoms with Gasteiger partial charge in [0.25, 0.3) is 10.1 Å². The molecule has 7 heteroatoms. The van der Waals surface area contributed by atoms with Crippen molar-refractivity contribution in [3.05, 3.63) is 29.8 Å². The molecule has 24 heavy (non-hydrogen) atoms. The van der Waals surface area contributed by atoms with Crippen molar-refractivity contribution in [2.45, 2.75) is 38.0 Å². The van der Waals surface area contributed by atoms with Crippen LogP contribution in [-0.2, 0) is 14.3 Å². The predicted molar refractivity (Wildman–Crippen MR) is 92.3 cm³/mol. The fourth-order valence-corrected chi connectivity index (χ4v) is 3.71. The largest absolute Gasteiger partial charge is 0.338 e. The number of likely N-dealkylation sites (tertiary alicyclic amines) is 1. The van der Waals surface area contributed by atoms with Gasteiger partial charge in [-0.3, -0.25) is 4.18 Å². The lowest BCUT2D eigenvalue weighted by atomic mass is 9.94. The SMILES string of the molecule is CCNC(=O)N1CCC(CCOS(=O)(=O)c2ccc(C)cc2)CC1. The summed E-state index contributed by atoms with van der Waals surface area (Å²) in [4.78, 5) is 13.7. The van der Waals surface area contributed by atoms with E-state index in [2.05, 4.69) is 5.32 Å². The zero-order valence-electron chi connectivity index (χ0n) is 14.3. The fourth-order valence-electron chi connectivity index (χ4n) is 2.79. The van der Waals surface area contributed by atoms with Crippen LogP contribution in [0, 0.1) is 12.8 Å². The number of urea groups is 1. The summed E-state index contributed by atoms with van der Waals surface area (Å²) in [5.41, 5.74) is 1.01. The second-order valence-corrected chi connectivity index (χ2v) is 7.76. The molecule has 0 atom stereocenters. The standard InChI is InChI=1S/C17H26N2O4S/c1-3-18-17(20)19-11-8-15(9-12-19)10-13-23-24(21,22)16-6-4-14(2)5-7-16/h4-7,15H,3,8-13H2,1-2H3,(H,18,20). The van der Waals surface area contributed by atoms with Crippen LogP contribution in [0.3, 0.4) is 0 Å². The molecule has 1 aliphatic rings. The summed E-state index contributed by atoms with van der Waals surface area (Å²) in [6, 6.07) is 6.63. The van der Waals surface area contributed by atoms with Crippen LogP contribution in [-0.4, -0.2) is 45.6 Å². The van der Waals surface area contributed by atoms with Crippen LogP contribution < -0.4 is 5.32 Å². The van der Waals surface area contributed by atoms with Gasteiger partial charge in [-0.15, -0.1) is 0 Å². The van der Waals surface area contributed by atoms with E-state index in [4.69, 9.17) is 4.18 Å². The number of hydrogen-bond donors (Lipinski definition) is 1. The normalized spacial score (nSPS) is 16.2. The van der Waals surface area contributed by atoms with Crippen LogP contribution in [0.15, 0.2) is 29.2 Å². The molecule has 0 saturated carbocycles. The van der Waals surface area contributed by atoms with Crippen molar-refractivity contribution in [2.24, 2.45) is 5.92 Å². The number of carbonyl (C=O) groups is 1. The summed E-state index contributed by atoms with van der Waals surface area (Å²) in [5.74, 6) is 0.392. The third kappa shape index (κ3) is 5.21. The first-order chi connectivity index (χ1) is 11.4. The second-order valence-electron chi connectivity index (χ2n) is 6.14. The van der Waals surface area contributed by atoms with Crippen molar-refractivity contribution in [2.75, 3.05) is 26.2 Å². The molecule has 2 amide bonds. The number of carbonyl (C=O) groups excluding carboxylic acids is 1. The van der Waals surface area contributed by atoms with Crippen molar-refractivity contribution >= 4 is 16.1 Å². The van der Waals surface area contributed by atoms with Gasteiger partial charge in [-0.05, 0) is 51.2 Å². The summed E-state index contributed by atoms with van der Waals surface area (Å²) in [6.45, 7) is 6.04. The lowest BCUT2D eigenvalue weighted by molar-refractivity contribution is 0.161. The van der Waals surface area contributed by atoms with Crippen molar-refractivity contribution in [1.82, 2.24) is 10.2 Å². The van der Waals surface area contributed by atoms with E-state index in [0.29, 0.717) is 32.0 Å². The molecule has 0 bridgehead atoms. The average molecular weight is 354 g/mol. The molecule has 6 nitrogen and oxygen atoms in total.